The van der Waals surface area contributed by atoms with E-state index < -0.39 is 29.0 Å². The predicted molar refractivity (Wildman–Crippen MR) is 167 cm³/mol. The Morgan fingerprint density at radius 1 is 0.660 bits per heavy atom. The quantitative estimate of drug-likeness (QED) is 0.176. The molecule has 0 spiro atoms. The monoisotopic (exact) mass is 642 g/mol. The maximum absolute atomic E-state index is 14.0. The van der Waals surface area contributed by atoms with Crippen molar-refractivity contribution in [2.24, 2.45) is 0 Å². The van der Waals surface area contributed by atoms with E-state index in [0.29, 0.717) is 29.3 Å². The number of pyridine rings is 1. The van der Waals surface area contributed by atoms with Crippen LogP contribution in [0.3, 0.4) is 0 Å². The normalized spacial score (nSPS) is 12.3. The predicted octanol–water partition coefficient (Wildman–Crippen LogP) is 10.5. The number of hydrogen-bond donors (Lipinski definition) is 0. The van der Waals surface area contributed by atoms with Crippen LogP contribution in [0, 0.1) is 13.8 Å². The summed E-state index contributed by atoms with van der Waals surface area (Å²) in [4.78, 5) is 4.59. The first-order valence-corrected chi connectivity index (χ1v) is 14.5. The molecular weight excluding hydrogens is 618 g/mol. The van der Waals surface area contributed by atoms with Gasteiger partial charge in [-0.25, -0.2) is 9.67 Å². The first-order valence-electron chi connectivity index (χ1n) is 14.5. The molecule has 0 saturated heterocycles. The van der Waals surface area contributed by atoms with Crippen LogP contribution in [0.1, 0.15) is 22.3 Å². The van der Waals surface area contributed by atoms with Gasteiger partial charge in [0.05, 0.1) is 34.0 Å². The van der Waals surface area contributed by atoms with Gasteiger partial charge in [0, 0.05) is 46.4 Å². The van der Waals surface area contributed by atoms with Crippen molar-refractivity contribution in [2.75, 3.05) is 0 Å². The highest BCUT2D eigenvalue weighted by Gasteiger charge is 2.41. The molecule has 11 heteroatoms. The average molecular weight is 643 g/mol. The molecule has 0 aliphatic heterocycles. The number of nitrogens with zero attached hydrogens (tertiary/aromatic N) is 4. The first-order chi connectivity index (χ1) is 22.4. The van der Waals surface area contributed by atoms with Crippen molar-refractivity contribution in [3.05, 3.63) is 132 Å². The first kappa shape index (κ1) is 30.1. The lowest BCUT2D eigenvalue weighted by Crippen LogP contribution is -2.14. The standard InChI is InChI=1S/C36H24F6N4O/c1-21-12-13-43-33(16-21)46-31-9-4-3-8-27(31)28-11-10-26(18-32(28)46)47-25-7-5-6-24(17-25)45-20-23(19-44-45)34-29(35(37,38)39)14-22(2)15-30(34)36(40,41)42/h3-20H,1-2H3. The second-order valence-corrected chi connectivity index (χ2v) is 11.2. The smallest absolute Gasteiger partial charge is 0.417 e. The van der Waals surface area contributed by atoms with E-state index in [0.717, 1.165) is 45.6 Å². The number of benzene rings is 4. The summed E-state index contributed by atoms with van der Waals surface area (Å²) in [6.07, 6.45) is -6.13. The molecule has 236 valence electrons. The molecule has 0 saturated carbocycles. The summed E-state index contributed by atoms with van der Waals surface area (Å²) in [7, 11) is 0. The van der Waals surface area contributed by atoms with Gasteiger partial charge in [0.15, 0.2) is 0 Å². The zero-order valence-corrected chi connectivity index (χ0v) is 24.9. The number of rotatable bonds is 5. The van der Waals surface area contributed by atoms with E-state index in [1.807, 2.05) is 61.5 Å². The van der Waals surface area contributed by atoms with Gasteiger partial charge >= 0.3 is 12.4 Å². The van der Waals surface area contributed by atoms with Crippen LogP contribution in [-0.2, 0) is 12.4 Å². The van der Waals surface area contributed by atoms with Crippen LogP contribution < -0.4 is 4.74 Å². The minimum Gasteiger partial charge on any atom is -0.457 e. The SMILES string of the molecule is Cc1ccnc(-n2c3ccccc3c3ccc(Oc4cccc(-n5cc(-c6c(C(F)(F)F)cc(C)cc6C(F)(F)F)cn5)c4)cc32)c1. The van der Waals surface area contributed by atoms with Crippen LogP contribution in [0.2, 0.25) is 0 Å². The average Bonchev–Trinajstić information content (AvgIpc) is 3.63. The number of fused-ring (bicyclic) bond motifs is 3. The van der Waals surface area contributed by atoms with Crippen molar-refractivity contribution >= 4 is 21.8 Å². The van der Waals surface area contributed by atoms with Gasteiger partial charge in [-0.1, -0.05) is 24.3 Å². The van der Waals surface area contributed by atoms with E-state index >= 15 is 0 Å². The fourth-order valence-corrected chi connectivity index (χ4v) is 5.87. The lowest BCUT2D eigenvalue weighted by Gasteiger charge is -2.19. The summed E-state index contributed by atoms with van der Waals surface area (Å²) in [5.41, 5.74) is -0.927. The van der Waals surface area contributed by atoms with E-state index in [1.54, 1.807) is 30.5 Å². The fourth-order valence-electron chi connectivity index (χ4n) is 5.87. The van der Waals surface area contributed by atoms with Gasteiger partial charge in [-0.2, -0.15) is 31.4 Å². The molecule has 0 bridgehead atoms. The van der Waals surface area contributed by atoms with Crippen molar-refractivity contribution in [1.29, 1.82) is 0 Å². The third-order valence-electron chi connectivity index (χ3n) is 7.86. The van der Waals surface area contributed by atoms with Crippen LogP contribution in [-0.4, -0.2) is 19.3 Å². The zero-order chi connectivity index (χ0) is 33.1. The summed E-state index contributed by atoms with van der Waals surface area (Å²) in [6, 6.07) is 25.6. The number of ether oxygens (including phenoxy) is 1. The molecule has 3 heterocycles. The summed E-state index contributed by atoms with van der Waals surface area (Å²) >= 11 is 0. The minimum atomic E-state index is -5.01. The Morgan fingerprint density at radius 3 is 2.09 bits per heavy atom. The number of halogens is 6. The molecular formula is C36H24F6N4O. The van der Waals surface area contributed by atoms with Crippen molar-refractivity contribution in [3.63, 3.8) is 0 Å². The van der Waals surface area contributed by atoms with Crippen LogP contribution in [0.5, 0.6) is 11.5 Å². The van der Waals surface area contributed by atoms with Crippen LogP contribution >= 0.6 is 0 Å². The summed E-state index contributed by atoms with van der Waals surface area (Å²) < 4.78 is 93.2. The number of hydrogen-bond acceptors (Lipinski definition) is 3. The number of alkyl halides is 6. The van der Waals surface area contributed by atoms with E-state index in [4.69, 9.17) is 4.74 Å². The fraction of sp³-hybridized carbons (Fsp3) is 0.111. The topological polar surface area (TPSA) is 44.9 Å². The highest BCUT2D eigenvalue weighted by molar-refractivity contribution is 6.09. The summed E-state index contributed by atoms with van der Waals surface area (Å²) in [5, 5.41) is 6.16. The highest BCUT2D eigenvalue weighted by Crippen LogP contribution is 2.45. The highest BCUT2D eigenvalue weighted by atomic mass is 19.4. The molecule has 0 N–H and O–H groups in total. The second kappa shape index (κ2) is 11.0. The Labute approximate surface area is 264 Å². The summed E-state index contributed by atoms with van der Waals surface area (Å²) in [5.74, 6) is 1.65. The number of para-hydroxylation sites is 1. The van der Waals surface area contributed by atoms with Crippen molar-refractivity contribution < 1.29 is 31.1 Å². The minimum absolute atomic E-state index is 0.153. The Bertz CT molecular complexity index is 2260. The maximum Gasteiger partial charge on any atom is 0.417 e. The molecule has 47 heavy (non-hydrogen) atoms. The van der Waals surface area contributed by atoms with Gasteiger partial charge in [0.2, 0.25) is 0 Å². The van der Waals surface area contributed by atoms with Gasteiger partial charge < -0.3 is 4.74 Å². The lowest BCUT2D eigenvalue weighted by atomic mass is 9.93. The maximum atomic E-state index is 14.0. The molecule has 0 fully saturated rings. The van der Waals surface area contributed by atoms with Gasteiger partial charge in [-0.3, -0.25) is 4.57 Å². The molecule has 7 aromatic rings. The van der Waals surface area contributed by atoms with E-state index in [9.17, 15) is 26.3 Å². The largest absolute Gasteiger partial charge is 0.457 e. The van der Waals surface area contributed by atoms with Crippen molar-refractivity contribution in [3.8, 4) is 34.1 Å². The molecule has 0 unspecified atom stereocenters. The summed E-state index contributed by atoms with van der Waals surface area (Å²) in [6.45, 7) is 3.19. The Hall–Kier alpha value is -5.58. The van der Waals surface area contributed by atoms with Crippen LogP contribution in [0.4, 0.5) is 26.3 Å². The molecule has 0 radical (unpaired) electrons. The van der Waals surface area contributed by atoms with E-state index in [-0.39, 0.29) is 11.1 Å². The molecule has 0 aliphatic rings. The Morgan fingerprint density at radius 2 is 1.36 bits per heavy atom. The van der Waals surface area contributed by atoms with Gasteiger partial charge in [0.1, 0.15) is 17.3 Å². The molecule has 0 aliphatic carbocycles. The third-order valence-corrected chi connectivity index (χ3v) is 7.86. The second-order valence-electron chi connectivity index (χ2n) is 11.2. The van der Waals surface area contributed by atoms with Crippen molar-refractivity contribution in [2.45, 2.75) is 26.2 Å². The third kappa shape index (κ3) is 5.58. The zero-order valence-electron chi connectivity index (χ0n) is 24.9. The van der Waals surface area contributed by atoms with Crippen LogP contribution in [0.25, 0.3) is 44.4 Å². The van der Waals surface area contributed by atoms with Crippen LogP contribution in [0.15, 0.2) is 110 Å². The number of aryl methyl sites for hydroxylation is 2. The Balaban J connectivity index is 1.26. The molecule has 3 aromatic heterocycles. The van der Waals surface area contributed by atoms with Gasteiger partial charge in [-0.05, 0) is 79.6 Å². The molecule has 4 aromatic carbocycles. The van der Waals surface area contributed by atoms with Gasteiger partial charge in [0.25, 0.3) is 0 Å². The molecule has 5 nitrogen and oxygen atoms in total. The molecule has 0 amide bonds. The molecule has 0 atom stereocenters. The van der Waals surface area contributed by atoms with E-state index in [1.165, 1.54) is 11.6 Å². The van der Waals surface area contributed by atoms with E-state index in [2.05, 4.69) is 14.6 Å². The molecule has 7 rings (SSSR count). The number of aromatic nitrogens is 4. The van der Waals surface area contributed by atoms with Crippen molar-refractivity contribution in [1.82, 2.24) is 19.3 Å². The lowest BCUT2D eigenvalue weighted by molar-refractivity contribution is -0.142. The Kier molecular flexibility index (Phi) is 7.07. The van der Waals surface area contributed by atoms with Gasteiger partial charge in [-0.15, -0.1) is 0 Å².